The van der Waals surface area contributed by atoms with Crippen molar-refractivity contribution < 1.29 is 19.4 Å². The van der Waals surface area contributed by atoms with E-state index in [0.29, 0.717) is 17.7 Å². The van der Waals surface area contributed by atoms with Gasteiger partial charge in [0.15, 0.2) is 18.9 Å². The van der Waals surface area contributed by atoms with Gasteiger partial charge in [-0.05, 0) is 23.8 Å². The van der Waals surface area contributed by atoms with Crippen molar-refractivity contribution in [2.45, 2.75) is 6.54 Å². The molecule has 2 rings (SSSR count). The van der Waals surface area contributed by atoms with Gasteiger partial charge in [0.1, 0.15) is 12.2 Å². The van der Waals surface area contributed by atoms with Gasteiger partial charge < -0.3 is 5.11 Å². The Bertz CT molecular complexity index is 729. The molecular weight excluding hydrogens is 300 g/mol. The summed E-state index contributed by atoms with van der Waals surface area (Å²) in [5.74, 6) is -0.393. The van der Waals surface area contributed by atoms with Crippen LogP contribution in [0.4, 0.5) is 5.69 Å². The standard InChI is InChI=1S/C15H14N4O4/c20-9-8-18-7-1-2-13(11-18)15(21)17-16-10-12-3-5-14(6-4-12)19(22)23/h1-7,10-11,20H,8-9H2/p+1/b16-10-. The van der Waals surface area contributed by atoms with E-state index in [9.17, 15) is 14.9 Å². The first-order valence-corrected chi connectivity index (χ1v) is 6.78. The molecule has 0 atom stereocenters. The number of hydrazone groups is 1. The molecule has 0 radical (unpaired) electrons. The molecule has 0 aliphatic carbocycles. The van der Waals surface area contributed by atoms with Crippen molar-refractivity contribution in [1.82, 2.24) is 5.43 Å². The molecular formula is C15H15N4O4+. The number of nitro benzene ring substituents is 1. The molecule has 8 heteroatoms. The third-order valence-electron chi connectivity index (χ3n) is 2.96. The lowest BCUT2D eigenvalue weighted by Crippen LogP contribution is -2.36. The van der Waals surface area contributed by atoms with Crippen molar-refractivity contribution in [1.29, 1.82) is 0 Å². The van der Waals surface area contributed by atoms with Gasteiger partial charge in [-0.3, -0.25) is 14.9 Å². The Balaban J connectivity index is 1.98. The SMILES string of the molecule is O=C(N/N=C\c1ccc([N+](=O)[O-])cc1)c1ccc[n+](CCO)c1. The number of aliphatic hydroxyl groups is 1. The van der Waals surface area contributed by atoms with Crippen LogP contribution in [0.3, 0.4) is 0 Å². The zero-order valence-electron chi connectivity index (χ0n) is 12.1. The lowest BCUT2D eigenvalue weighted by molar-refractivity contribution is -0.698. The summed E-state index contributed by atoms with van der Waals surface area (Å²) in [5, 5.41) is 23.2. The maximum absolute atomic E-state index is 11.9. The Labute approximate surface area is 131 Å². The van der Waals surface area contributed by atoms with Gasteiger partial charge in [-0.1, -0.05) is 0 Å². The van der Waals surface area contributed by atoms with Crippen LogP contribution in [0.25, 0.3) is 0 Å². The highest BCUT2D eigenvalue weighted by Crippen LogP contribution is 2.10. The first-order valence-electron chi connectivity index (χ1n) is 6.78. The second-order valence-electron chi connectivity index (χ2n) is 4.60. The molecule has 1 amide bonds. The van der Waals surface area contributed by atoms with Crippen molar-refractivity contribution >= 4 is 17.8 Å². The van der Waals surface area contributed by atoms with Crippen LogP contribution in [0.5, 0.6) is 0 Å². The number of carbonyl (C=O) groups is 1. The number of hydrogen-bond acceptors (Lipinski definition) is 5. The number of aliphatic hydroxyl groups excluding tert-OH is 1. The molecule has 0 aliphatic heterocycles. The predicted molar refractivity (Wildman–Crippen MR) is 81.9 cm³/mol. The summed E-state index contributed by atoms with van der Waals surface area (Å²) >= 11 is 0. The summed E-state index contributed by atoms with van der Waals surface area (Å²) in [7, 11) is 0. The fourth-order valence-electron chi connectivity index (χ4n) is 1.82. The van der Waals surface area contributed by atoms with Gasteiger partial charge in [-0.2, -0.15) is 5.10 Å². The number of pyridine rings is 1. The zero-order valence-corrected chi connectivity index (χ0v) is 12.1. The number of aromatic nitrogens is 1. The molecule has 118 valence electrons. The molecule has 1 aromatic carbocycles. The molecule has 8 nitrogen and oxygen atoms in total. The Morgan fingerprint density at radius 3 is 2.74 bits per heavy atom. The average Bonchev–Trinajstić information content (AvgIpc) is 2.56. The average molecular weight is 315 g/mol. The van der Waals surface area contributed by atoms with Crippen LogP contribution in [0, 0.1) is 10.1 Å². The topological polar surface area (TPSA) is 109 Å². The summed E-state index contributed by atoms with van der Waals surface area (Å²) in [4.78, 5) is 22.0. The first-order chi connectivity index (χ1) is 11.1. The zero-order chi connectivity index (χ0) is 16.7. The largest absolute Gasteiger partial charge is 0.390 e. The van der Waals surface area contributed by atoms with Crippen molar-refractivity contribution in [3.8, 4) is 0 Å². The number of nitrogens with one attached hydrogen (secondary N) is 1. The van der Waals surface area contributed by atoms with Gasteiger partial charge >= 0.3 is 0 Å². The molecule has 0 saturated heterocycles. The van der Waals surface area contributed by atoms with E-state index in [2.05, 4.69) is 10.5 Å². The highest BCUT2D eigenvalue weighted by molar-refractivity contribution is 5.94. The molecule has 0 fully saturated rings. The lowest BCUT2D eigenvalue weighted by atomic mass is 10.2. The number of hydrogen-bond donors (Lipinski definition) is 2. The van der Waals surface area contributed by atoms with E-state index >= 15 is 0 Å². The van der Waals surface area contributed by atoms with E-state index in [4.69, 9.17) is 5.11 Å². The van der Waals surface area contributed by atoms with Gasteiger partial charge in [0, 0.05) is 18.2 Å². The van der Waals surface area contributed by atoms with Crippen LogP contribution < -0.4 is 9.99 Å². The summed E-state index contributed by atoms with van der Waals surface area (Å²) < 4.78 is 1.69. The van der Waals surface area contributed by atoms with Gasteiger partial charge in [0.2, 0.25) is 0 Å². The minimum absolute atomic E-state index is 0.0103. The molecule has 0 unspecified atom stereocenters. The van der Waals surface area contributed by atoms with Crippen LogP contribution in [-0.4, -0.2) is 28.8 Å². The monoisotopic (exact) mass is 315 g/mol. The summed E-state index contributed by atoms with van der Waals surface area (Å²) in [6, 6.07) is 9.11. The Kier molecular flexibility index (Phi) is 5.48. The Hall–Kier alpha value is -3.13. The number of nitro groups is 1. The minimum Gasteiger partial charge on any atom is -0.390 e. The summed E-state index contributed by atoms with van der Waals surface area (Å²) in [6.07, 6.45) is 4.74. The lowest BCUT2D eigenvalue weighted by Gasteiger charge is -1.99. The maximum Gasteiger partial charge on any atom is 0.277 e. The predicted octanol–water partition coefficient (Wildman–Crippen LogP) is 0.638. The summed E-state index contributed by atoms with van der Waals surface area (Å²) in [5.41, 5.74) is 3.39. The van der Waals surface area contributed by atoms with Crippen LogP contribution in [-0.2, 0) is 6.54 Å². The Morgan fingerprint density at radius 1 is 1.35 bits per heavy atom. The van der Waals surface area contributed by atoms with Crippen LogP contribution >= 0.6 is 0 Å². The number of benzene rings is 1. The third kappa shape index (κ3) is 4.68. The normalized spacial score (nSPS) is 10.7. The molecule has 0 spiro atoms. The van der Waals surface area contributed by atoms with E-state index in [-0.39, 0.29) is 12.3 Å². The fraction of sp³-hybridized carbons (Fsp3) is 0.133. The number of nitrogens with zero attached hydrogens (tertiary/aromatic N) is 3. The third-order valence-corrected chi connectivity index (χ3v) is 2.96. The van der Waals surface area contributed by atoms with Gasteiger partial charge in [0.25, 0.3) is 11.6 Å². The second-order valence-corrected chi connectivity index (χ2v) is 4.60. The smallest absolute Gasteiger partial charge is 0.277 e. The van der Waals surface area contributed by atoms with Crippen LogP contribution in [0.2, 0.25) is 0 Å². The number of non-ortho nitro benzene ring substituents is 1. The number of rotatable bonds is 6. The van der Waals surface area contributed by atoms with Gasteiger partial charge in [-0.15, -0.1) is 0 Å². The highest BCUT2D eigenvalue weighted by Gasteiger charge is 2.09. The van der Waals surface area contributed by atoms with Crippen LogP contribution in [0.15, 0.2) is 53.9 Å². The van der Waals surface area contributed by atoms with Gasteiger partial charge in [0.05, 0.1) is 11.1 Å². The molecule has 2 N–H and O–H groups in total. The van der Waals surface area contributed by atoms with E-state index in [1.54, 1.807) is 29.1 Å². The molecule has 0 saturated carbocycles. The quantitative estimate of drug-likeness (QED) is 0.353. The van der Waals surface area contributed by atoms with Gasteiger partial charge in [-0.25, -0.2) is 9.99 Å². The Morgan fingerprint density at radius 2 is 2.09 bits per heavy atom. The fourth-order valence-corrected chi connectivity index (χ4v) is 1.82. The molecule has 0 bridgehead atoms. The van der Waals surface area contributed by atoms with Crippen LogP contribution in [0.1, 0.15) is 15.9 Å². The van der Waals surface area contributed by atoms with E-state index in [1.807, 2.05) is 0 Å². The molecule has 23 heavy (non-hydrogen) atoms. The number of amides is 1. The first kappa shape index (κ1) is 16.2. The van der Waals surface area contributed by atoms with Crippen molar-refractivity contribution in [3.63, 3.8) is 0 Å². The maximum atomic E-state index is 11.9. The van der Waals surface area contributed by atoms with E-state index in [0.717, 1.165) is 0 Å². The van der Waals surface area contributed by atoms with Crippen molar-refractivity contribution in [2.24, 2.45) is 5.10 Å². The second kappa shape index (κ2) is 7.76. The van der Waals surface area contributed by atoms with Crippen molar-refractivity contribution in [3.05, 3.63) is 70.0 Å². The molecule has 2 aromatic rings. The van der Waals surface area contributed by atoms with E-state index in [1.165, 1.54) is 30.5 Å². The minimum atomic E-state index is -0.486. The van der Waals surface area contributed by atoms with Crippen molar-refractivity contribution in [2.75, 3.05) is 6.61 Å². The van der Waals surface area contributed by atoms with E-state index < -0.39 is 10.8 Å². The molecule has 1 heterocycles. The molecule has 0 aliphatic rings. The number of carbonyl (C=O) groups excluding carboxylic acids is 1. The summed E-state index contributed by atoms with van der Waals surface area (Å²) in [6.45, 7) is 0.376. The highest BCUT2D eigenvalue weighted by atomic mass is 16.6. The molecule has 1 aromatic heterocycles.